The molecule has 2 aromatic carbocycles. The fraction of sp³-hybridized carbons (Fsp3) is 0.0435. The molecule has 172 valence electrons. The van der Waals surface area contributed by atoms with Crippen LogP contribution >= 0.6 is 23.8 Å². The SMILES string of the molecule is O=C1NC(=S)N(c2ccc(Cl)cc2)C(=O)C1=Cc1ccc(Oc2cccc(C(F)(F)F)c2)nc1. The van der Waals surface area contributed by atoms with E-state index < -0.39 is 23.6 Å². The zero-order chi connectivity index (χ0) is 24.5. The van der Waals surface area contributed by atoms with Crippen molar-refractivity contribution in [2.75, 3.05) is 4.90 Å². The second kappa shape index (κ2) is 9.24. The van der Waals surface area contributed by atoms with Crippen LogP contribution in [0, 0.1) is 0 Å². The molecule has 2 amide bonds. The Morgan fingerprint density at radius 3 is 2.44 bits per heavy atom. The molecule has 11 heteroatoms. The van der Waals surface area contributed by atoms with E-state index >= 15 is 0 Å². The molecule has 0 atom stereocenters. The number of benzene rings is 2. The average molecular weight is 504 g/mol. The maximum absolute atomic E-state index is 13.0. The van der Waals surface area contributed by atoms with E-state index in [-0.39, 0.29) is 22.3 Å². The molecule has 0 saturated carbocycles. The molecular formula is C23H13ClF3N3O3S. The van der Waals surface area contributed by atoms with Gasteiger partial charge in [-0.05, 0) is 72.4 Å². The summed E-state index contributed by atoms with van der Waals surface area (Å²) in [5.41, 5.74) is -0.222. The highest BCUT2D eigenvalue weighted by atomic mass is 35.5. The summed E-state index contributed by atoms with van der Waals surface area (Å²) in [7, 11) is 0. The van der Waals surface area contributed by atoms with Crippen molar-refractivity contribution < 1.29 is 27.5 Å². The highest BCUT2D eigenvalue weighted by Gasteiger charge is 2.34. The van der Waals surface area contributed by atoms with Gasteiger partial charge in [0.05, 0.1) is 11.3 Å². The second-order valence-electron chi connectivity index (χ2n) is 6.99. The predicted molar refractivity (Wildman–Crippen MR) is 123 cm³/mol. The maximum atomic E-state index is 13.0. The number of amides is 2. The van der Waals surface area contributed by atoms with Crippen molar-refractivity contribution >= 4 is 52.5 Å². The number of hydrogen-bond acceptors (Lipinski definition) is 5. The summed E-state index contributed by atoms with van der Waals surface area (Å²) in [5, 5.41) is 2.86. The van der Waals surface area contributed by atoms with Gasteiger partial charge in [0.15, 0.2) is 5.11 Å². The highest BCUT2D eigenvalue weighted by molar-refractivity contribution is 7.80. The van der Waals surface area contributed by atoms with Gasteiger partial charge in [-0.3, -0.25) is 19.8 Å². The van der Waals surface area contributed by atoms with Gasteiger partial charge in [0.2, 0.25) is 5.88 Å². The molecule has 4 rings (SSSR count). The Labute approximate surface area is 201 Å². The van der Waals surface area contributed by atoms with Gasteiger partial charge in [0.25, 0.3) is 11.8 Å². The van der Waals surface area contributed by atoms with Crippen molar-refractivity contribution in [2.45, 2.75) is 6.18 Å². The lowest BCUT2D eigenvalue weighted by molar-refractivity contribution is -0.137. The molecule has 0 spiro atoms. The number of anilines is 1. The molecule has 1 N–H and O–H groups in total. The van der Waals surface area contributed by atoms with E-state index in [0.717, 1.165) is 17.0 Å². The summed E-state index contributed by atoms with van der Waals surface area (Å²) < 4.78 is 44.0. The summed E-state index contributed by atoms with van der Waals surface area (Å²) in [6.07, 6.45) is -1.86. The molecule has 2 heterocycles. The number of hydrogen-bond donors (Lipinski definition) is 1. The van der Waals surface area contributed by atoms with Gasteiger partial charge in [-0.1, -0.05) is 17.7 Å². The minimum absolute atomic E-state index is 0.0323. The van der Waals surface area contributed by atoms with Crippen molar-refractivity contribution in [3.63, 3.8) is 0 Å². The third-order valence-electron chi connectivity index (χ3n) is 4.64. The normalized spacial score (nSPS) is 15.5. The van der Waals surface area contributed by atoms with E-state index in [1.165, 1.54) is 36.5 Å². The molecule has 1 aliphatic heterocycles. The molecule has 34 heavy (non-hydrogen) atoms. The largest absolute Gasteiger partial charge is 0.439 e. The Hall–Kier alpha value is -3.76. The van der Waals surface area contributed by atoms with Crippen LogP contribution in [0.5, 0.6) is 11.6 Å². The lowest BCUT2D eigenvalue weighted by Crippen LogP contribution is -2.54. The van der Waals surface area contributed by atoms with Gasteiger partial charge in [-0.2, -0.15) is 13.2 Å². The summed E-state index contributed by atoms with van der Waals surface area (Å²) in [6.45, 7) is 0. The van der Waals surface area contributed by atoms with E-state index in [4.69, 9.17) is 28.6 Å². The average Bonchev–Trinajstić information content (AvgIpc) is 2.78. The summed E-state index contributed by atoms with van der Waals surface area (Å²) in [6, 6.07) is 13.6. The minimum Gasteiger partial charge on any atom is -0.439 e. The van der Waals surface area contributed by atoms with E-state index in [1.54, 1.807) is 24.3 Å². The standard InChI is InChI=1S/C23H13ClF3N3O3S/c24-15-5-7-16(8-6-15)30-21(32)18(20(31)29-22(30)34)10-13-4-9-19(28-12-13)33-17-3-1-2-14(11-17)23(25,26)27/h1-12H,(H,29,31,34). The first-order valence-corrected chi connectivity index (χ1v) is 10.4. The number of carbonyl (C=O) groups is 2. The van der Waals surface area contributed by atoms with Crippen LogP contribution in [0.1, 0.15) is 11.1 Å². The molecule has 1 aliphatic rings. The quantitative estimate of drug-likeness (QED) is 0.294. The Balaban J connectivity index is 1.55. The highest BCUT2D eigenvalue weighted by Crippen LogP contribution is 2.32. The molecule has 0 radical (unpaired) electrons. The third-order valence-corrected chi connectivity index (χ3v) is 5.18. The molecule has 1 fully saturated rings. The third kappa shape index (κ3) is 5.08. The zero-order valence-electron chi connectivity index (χ0n) is 17.0. The van der Waals surface area contributed by atoms with Crippen molar-refractivity contribution in [3.8, 4) is 11.6 Å². The number of carbonyl (C=O) groups excluding carboxylic acids is 2. The number of aromatic nitrogens is 1. The van der Waals surface area contributed by atoms with Gasteiger partial charge in [-0.25, -0.2) is 4.98 Å². The number of rotatable bonds is 4. The van der Waals surface area contributed by atoms with Crippen LogP contribution in [-0.2, 0) is 15.8 Å². The Morgan fingerprint density at radius 1 is 1.06 bits per heavy atom. The molecule has 0 unspecified atom stereocenters. The van der Waals surface area contributed by atoms with Crippen LogP contribution in [0.25, 0.3) is 6.08 Å². The second-order valence-corrected chi connectivity index (χ2v) is 7.81. The van der Waals surface area contributed by atoms with E-state index in [1.807, 2.05) is 0 Å². The summed E-state index contributed by atoms with van der Waals surface area (Å²) in [4.78, 5) is 30.6. The molecule has 0 bridgehead atoms. The number of nitrogens with zero attached hydrogens (tertiary/aromatic N) is 2. The lowest BCUT2D eigenvalue weighted by atomic mass is 10.1. The smallest absolute Gasteiger partial charge is 0.416 e. The Kier molecular flexibility index (Phi) is 6.36. The summed E-state index contributed by atoms with van der Waals surface area (Å²) in [5.74, 6) is -1.32. The van der Waals surface area contributed by atoms with Crippen LogP contribution in [-0.4, -0.2) is 21.9 Å². The molecule has 0 aliphatic carbocycles. The number of ether oxygens (including phenoxy) is 1. The van der Waals surface area contributed by atoms with E-state index in [2.05, 4.69) is 10.3 Å². The molecule has 1 aromatic heterocycles. The van der Waals surface area contributed by atoms with Crippen molar-refractivity contribution in [1.29, 1.82) is 0 Å². The number of thiocarbonyl (C=S) groups is 1. The van der Waals surface area contributed by atoms with Gasteiger partial charge in [0.1, 0.15) is 11.3 Å². The van der Waals surface area contributed by atoms with Crippen molar-refractivity contribution in [2.24, 2.45) is 0 Å². The first kappa shape index (κ1) is 23.4. The molecule has 1 saturated heterocycles. The minimum atomic E-state index is -4.50. The fourth-order valence-electron chi connectivity index (χ4n) is 3.04. The van der Waals surface area contributed by atoms with Crippen molar-refractivity contribution in [3.05, 3.63) is 88.6 Å². The number of pyridine rings is 1. The number of halogens is 4. The molecular weight excluding hydrogens is 491 g/mol. The fourth-order valence-corrected chi connectivity index (χ4v) is 3.45. The Morgan fingerprint density at radius 2 is 1.79 bits per heavy atom. The predicted octanol–water partition coefficient (Wildman–Crippen LogP) is 5.38. The van der Waals surface area contributed by atoms with Crippen molar-refractivity contribution in [1.82, 2.24) is 10.3 Å². The van der Waals surface area contributed by atoms with E-state index in [0.29, 0.717) is 16.3 Å². The first-order valence-electron chi connectivity index (χ1n) is 9.60. The molecule has 6 nitrogen and oxygen atoms in total. The number of nitrogens with one attached hydrogen (secondary N) is 1. The monoisotopic (exact) mass is 503 g/mol. The first-order chi connectivity index (χ1) is 16.1. The lowest BCUT2D eigenvalue weighted by Gasteiger charge is -2.28. The topological polar surface area (TPSA) is 71.5 Å². The van der Waals surface area contributed by atoms with Gasteiger partial charge in [-0.15, -0.1) is 0 Å². The van der Waals surface area contributed by atoms with Gasteiger partial charge >= 0.3 is 6.18 Å². The van der Waals surface area contributed by atoms with Crippen LogP contribution in [0.2, 0.25) is 5.02 Å². The number of alkyl halides is 3. The van der Waals surface area contributed by atoms with Gasteiger partial charge < -0.3 is 4.74 Å². The summed E-state index contributed by atoms with van der Waals surface area (Å²) >= 11 is 11.0. The van der Waals surface area contributed by atoms with Crippen LogP contribution in [0.4, 0.5) is 18.9 Å². The van der Waals surface area contributed by atoms with E-state index in [9.17, 15) is 22.8 Å². The van der Waals surface area contributed by atoms with Crippen LogP contribution in [0.3, 0.4) is 0 Å². The van der Waals surface area contributed by atoms with Crippen LogP contribution in [0.15, 0.2) is 72.4 Å². The molecule has 3 aromatic rings. The van der Waals surface area contributed by atoms with Gasteiger partial charge in [0, 0.05) is 17.3 Å². The zero-order valence-corrected chi connectivity index (χ0v) is 18.5. The Bertz CT molecular complexity index is 1310. The maximum Gasteiger partial charge on any atom is 0.416 e. The van der Waals surface area contributed by atoms with Crippen LogP contribution < -0.4 is 15.0 Å².